The van der Waals surface area contributed by atoms with Crippen molar-refractivity contribution in [3.63, 3.8) is 0 Å². The van der Waals surface area contributed by atoms with Crippen LogP contribution in [-0.4, -0.2) is 20.1 Å². The maximum atomic E-state index is 5.51. The highest BCUT2D eigenvalue weighted by Crippen LogP contribution is 2.35. The van der Waals surface area contributed by atoms with Crippen molar-refractivity contribution in [1.82, 2.24) is 15.0 Å². The molecule has 7 heteroatoms. The summed E-state index contributed by atoms with van der Waals surface area (Å²) in [6, 6.07) is 20.6. The number of thiazole rings is 1. The van der Waals surface area contributed by atoms with Crippen LogP contribution in [0, 0.1) is 6.92 Å². The van der Waals surface area contributed by atoms with Gasteiger partial charge in [-0.05, 0) is 36.3 Å². The molecule has 0 radical (unpaired) electrons. The predicted octanol–water partition coefficient (Wildman–Crippen LogP) is 4.90. The summed E-state index contributed by atoms with van der Waals surface area (Å²) in [6.45, 7) is 1.98. The second-order valence-corrected chi connectivity index (χ2v) is 7.57. The largest absolute Gasteiger partial charge is 0.376 e. The highest BCUT2D eigenvalue weighted by atomic mass is 32.1. The molecule has 0 saturated carbocycles. The summed E-state index contributed by atoms with van der Waals surface area (Å²) in [4.78, 5) is 14.4. The van der Waals surface area contributed by atoms with Crippen molar-refractivity contribution < 1.29 is 0 Å². The molecule has 3 N–H and O–H groups in total. The smallest absolute Gasteiger partial charge is 0.229 e. The van der Waals surface area contributed by atoms with E-state index in [9.17, 15) is 0 Å². The fourth-order valence-corrected chi connectivity index (χ4v) is 3.98. The van der Waals surface area contributed by atoms with Gasteiger partial charge in [0.15, 0.2) is 5.11 Å². The predicted molar refractivity (Wildman–Crippen MR) is 119 cm³/mol. The zero-order valence-electron chi connectivity index (χ0n) is 15.1. The molecule has 0 saturated heterocycles. The second-order valence-electron chi connectivity index (χ2n) is 6.13. The van der Waals surface area contributed by atoms with E-state index < -0.39 is 0 Å². The summed E-state index contributed by atoms with van der Waals surface area (Å²) in [5.41, 5.74) is 10.7. The molecular formula is C21H17N5S2. The number of nitrogens with two attached hydrogens (primary N) is 1. The summed E-state index contributed by atoms with van der Waals surface area (Å²) < 4.78 is 0. The summed E-state index contributed by atoms with van der Waals surface area (Å²) >= 11 is 6.46. The number of hydrogen-bond donors (Lipinski definition) is 2. The van der Waals surface area contributed by atoms with E-state index >= 15 is 0 Å². The molecule has 0 bridgehead atoms. The van der Waals surface area contributed by atoms with E-state index in [2.05, 4.69) is 51.7 Å². The van der Waals surface area contributed by atoms with Crippen LogP contribution in [0.5, 0.6) is 0 Å². The fraction of sp³-hybridized carbons (Fsp3) is 0.0476. The lowest BCUT2D eigenvalue weighted by Gasteiger charge is -2.03. The minimum Gasteiger partial charge on any atom is -0.376 e. The summed E-state index contributed by atoms with van der Waals surface area (Å²) in [5, 5.41) is 3.86. The molecule has 0 aliphatic carbocycles. The van der Waals surface area contributed by atoms with Crippen molar-refractivity contribution >= 4 is 34.6 Å². The number of thiocarbonyl (C=S) groups is 1. The molecule has 5 nitrogen and oxygen atoms in total. The van der Waals surface area contributed by atoms with Crippen LogP contribution in [0.1, 0.15) is 5.69 Å². The van der Waals surface area contributed by atoms with Gasteiger partial charge in [0.25, 0.3) is 0 Å². The lowest BCUT2D eigenvalue weighted by Crippen LogP contribution is -2.20. The SMILES string of the molecule is Cc1nc(-c2ccc(-c3ccccc3)cc2)sc1-c1ccnc(NC(N)=S)n1. The maximum absolute atomic E-state index is 5.51. The standard InChI is InChI=1S/C21H17N5S2/c1-13-18(17-11-12-23-21(25-17)26-20(22)27)28-19(24-13)16-9-7-15(8-10-16)14-5-3-2-4-6-14/h2-12H,1H3,(H3,22,23,25,26,27). The number of nitrogens with zero attached hydrogens (tertiary/aromatic N) is 3. The Labute approximate surface area is 172 Å². The second kappa shape index (κ2) is 7.84. The Hall–Kier alpha value is -3.16. The summed E-state index contributed by atoms with van der Waals surface area (Å²) in [7, 11) is 0. The van der Waals surface area contributed by atoms with E-state index in [0.29, 0.717) is 5.95 Å². The van der Waals surface area contributed by atoms with Crippen LogP contribution in [0.15, 0.2) is 66.9 Å². The number of anilines is 1. The molecule has 28 heavy (non-hydrogen) atoms. The fourth-order valence-electron chi connectivity index (χ4n) is 2.85. The van der Waals surface area contributed by atoms with E-state index in [-0.39, 0.29) is 5.11 Å². The van der Waals surface area contributed by atoms with Gasteiger partial charge in [0.2, 0.25) is 5.95 Å². The van der Waals surface area contributed by atoms with Gasteiger partial charge in [0, 0.05) is 11.8 Å². The third-order valence-corrected chi connectivity index (χ3v) is 5.49. The van der Waals surface area contributed by atoms with Crippen LogP contribution < -0.4 is 11.1 Å². The maximum Gasteiger partial charge on any atom is 0.229 e. The van der Waals surface area contributed by atoms with E-state index in [0.717, 1.165) is 26.8 Å². The summed E-state index contributed by atoms with van der Waals surface area (Å²) in [5.74, 6) is 0.381. The van der Waals surface area contributed by atoms with Crippen LogP contribution in [0.3, 0.4) is 0 Å². The number of aryl methyl sites for hydroxylation is 1. The first kappa shape index (κ1) is 18.2. The van der Waals surface area contributed by atoms with E-state index in [1.54, 1.807) is 17.5 Å². The van der Waals surface area contributed by atoms with Gasteiger partial charge in [-0.3, -0.25) is 0 Å². The van der Waals surface area contributed by atoms with E-state index in [1.807, 2.05) is 31.2 Å². The zero-order valence-corrected chi connectivity index (χ0v) is 16.7. The Bertz CT molecular complexity index is 1120. The topological polar surface area (TPSA) is 76.7 Å². The van der Waals surface area contributed by atoms with Gasteiger partial charge in [-0.1, -0.05) is 54.6 Å². The minimum atomic E-state index is 0.136. The average Bonchev–Trinajstić information content (AvgIpc) is 3.10. The van der Waals surface area contributed by atoms with Gasteiger partial charge >= 0.3 is 0 Å². The number of hydrogen-bond acceptors (Lipinski definition) is 5. The van der Waals surface area contributed by atoms with Gasteiger partial charge in [0.05, 0.1) is 16.3 Å². The zero-order chi connectivity index (χ0) is 19.5. The van der Waals surface area contributed by atoms with E-state index in [1.165, 1.54) is 11.1 Å². The monoisotopic (exact) mass is 403 g/mol. The molecule has 0 spiro atoms. The molecule has 0 unspecified atom stereocenters. The number of aromatic nitrogens is 3. The normalized spacial score (nSPS) is 10.6. The molecule has 4 aromatic rings. The number of rotatable bonds is 4. The third kappa shape index (κ3) is 3.90. The first-order chi connectivity index (χ1) is 13.6. The van der Waals surface area contributed by atoms with Crippen molar-refractivity contribution in [3.05, 3.63) is 72.6 Å². The molecule has 138 valence electrons. The van der Waals surface area contributed by atoms with Crippen molar-refractivity contribution in [2.24, 2.45) is 5.73 Å². The number of nitrogens with one attached hydrogen (secondary N) is 1. The quantitative estimate of drug-likeness (QED) is 0.472. The Morgan fingerprint density at radius 2 is 1.61 bits per heavy atom. The van der Waals surface area contributed by atoms with Gasteiger partial charge < -0.3 is 11.1 Å². The van der Waals surface area contributed by atoms with Crippen LogP contribution >= 0.6 is 23.6 Å². The first-order valence-corrected chi connectivity index (χ1v) is 9.86. The Morgan fingerprint density at radius 3 is 2.32 bits per heavy atom. The van der Waals surface area contributed by atoms with Crippen LogP contribution in [-0.2, 0) is 0 Å². The van der Waals surface area contributed by atoms with Crippen LogP contribution in [0.4, 0.5) is 5.95 Å². The number of benzene rings is 2. The highest BCUT2D eigenvalue weighted by molar-refractivity contribution is 7.80. The Balaban J connectivity index is 1.64. The third-order valence-electron chi connectivity index (χ3n) is 4.16. The minimum absolute atomic E-state index is 0.136. The molecule has 0 fully saturated rings. The lowest BCUT2D eigenvalue weighted by molar-refractivity contribution is 1.17. The Kier molecular flexibility index (Phi) is 5.10. The molecular weight excluding hydrogens is 386 g/mol. The molecule has 0 amide bonds. The summed E-state index contributed by atoms with van der Waals surface area (Å²) in [6.07, 6.45) is 1.68. The molecule has 4 rings (SSSR count). The lowest BCUT2D eigenvalue weighted by atomic mass is 10.0. The first-order valence-electron chi connectivity index (χ1n) is 8.63. The van der Waals surface area contributed by atoms with Gasteiger partial charge in [-0.15, -0.1) is 11.3 Å². The molecule has 2 aromatic carbocycles. The molecule has 0 atom stereocenters. The van der Waals surface area contributed by atoms with Crippen LogP contribution in [0.25, 0.3) is 32.3 Å². The van der Waals surface area contributed by atoms with Crippen molar-refractivity contribution in [2.75, 3.05) is 5.32 Å². The van der Waals surface area contributed by atoms with Gasteiger partial charge in [-0.25, -0.2) is 15.0 Å². The van der Waals surface area contributed by atoms with Gasteiger partial charge in [-0.2, -0.15) is 0 Å². The average molecular weight is 404 g/mol. The molecule has 0 aliphatic heterocycles. The highest BCUT2D eigenvalue weighted by Gasteiger charge is 2.13. The van der Waals surface area contributed by atoms with Crippen LogP contribution in [0.2, 0.25) is 0 Å². The van der Waals surface area contributed by atoms with Gasteiger partial charge in [0.1, 0.15) is 5.01 Å². The Morgan fingerprint density at radius 1 is 0.929 bits per heavy atom. The van der Waals surface area contributed by atoms with E-state index in [4.69, 9.17) is 22.9 Å². The van der Waals surface area contributed by atoms with Crippen molar-refractivity contribution in [2.45, 2.75) is 6.92 Å². The van der Waals surface area contributed by atoms with Crippen molar-refractivity contribution in [3.8, 4) is 32.3 Å². The van der Waals surface area contributed by atoms with Crippen molar-refractivity contribution in [1.29, 1.82) is 0 Å². The molecule has 0 aliphatic rings. The molecule has 2 heterocycles. The molecule has 2 aromatic heterocycles.